The molecule has 7 heteroatoms. The Kier molecular flexibility index (Phi) is 9.18. The van der Waals surface area contributed by atoms with Crippen molar-refractivity contribution in [3.63, 3.8) is 0 Å². The SMILES string of the molecule is CCOc1cc(OCOCC[Si](C)(C)C)cc(C=Cc2ccc3[nH]c(=O)oc3c2)c1CC=C(C)C. The van der Waals surface area contributed by atoms with E-state index in [4.69, 9.17) is 18.6 Å². The Hall–Kier alpha value is -3.03. The number of ether oxygens (including phenoxy) is 3. The summed E-state index contributed by atoms with van der Waals surface area (Å²) in [4.78, 5) is 14.1. The summed E-state index contributed by atoms with van der Waals surface area (Å²) in [5, 5.41) is 0. The molecule has 1 heterocycles. The molecule has 3 aromatic rings. The molecule has 0 fully saturated rings. The van der Waals surface area contributed by atoms with Crippen LogP contribution in [0.5, 0.6) is 11.5 Å². The molecule has 2 aromatic carbocycles. The fraction of sp³-hybridized carbons (Fsp3) is 0.393. The Morgan fingerprint density at radius 3 is 2.60 bits per heavy atom. The van der Waals surface area contributed by atoms with Crippen molar-refractivity contribution in [3.05, 3.63) is 69.2 Å². The lowest BCUT2D eigenvalue weighted by atomic mass is 10.00. The Bertz CT molecular complexity index is 1240. The first-order valence-corrected chi connectivity index (χ1v) is 15.8. The zero-order valence-electron chi connectivity index (χ0n) is 21.7. The molecule has 0 aliphatic rings. The summed E-state index contributed by atoms with van der Waals surface area (Å²) in [6, 6.07) is 10.7. The van der Waals surface area contributed by atoms with Crippen LogP contribution in [0.3, 0.4) is 0 Å². The van der Waals surface area contributed by atoms with Crippen molar-refractivity contribution in [2.24, 2.45) is 0 Å². The lowest BCUT2D eigenvalue weighted by Gasteiger charge is -2.17. The topological polar surface area (TPSA) is 73.7 Å². The first kappa shape index (κ1) is 26.6. The maximum Gasteiger partial charge on any atom is 0.417 e. The van der Waals surface area contributed by atoms with Gasteiger partial charge in [0.05, 0.1) is 12.1 Å². The van der Waals surface area contributed by atoms with E-state index in [-0.39, 0.29) is 6.79 Å². The second-order valence-corrected chi connectivity index (χ2v) is 15.6. The van der Waals surface area contributed by atoms with Gasteiger partial charge in [0.1, 0.15) is 11.5 Å². The van der Waals surface area contributed by atoms with E-state index in [2.05, 4.69) is 44.5 Å². The molecule has 0 spiro atoms. The Morgan fingerprint density at radius 2 is 1.89 bits per heavy atom. The molecule has 0 aliphatic carbocycles. The Balaban J connectivity index is 1.88. The standard InChI is InChI=1S/C28H37NO5Si/c1-7-32-26-18-23(33-19-31-14-15-35(4,5)6)17-22(24(26)12-8-20(2)3)11-9-21-10-13-25-27(16-21)34-28(30)29-25/h8-11,13,16-18H,7,12,14-15,19H2,1-6H3,(H,29,30). The largest absolute Gasteiger partial charge is 0.493 e. The number of hydrogen-bond acceptors (Lipinski definition) is 5. The van der Waals surface area contributed by atoms with Crippen LogP contribution in [-0.4, -0.2) is 33.1 Å². The highest BCUT2D eigenvalue weighted by atomic mass is 28.3. The summed E-state index contributed by atoms with van der Waals surface area (Å²) in [6.07, 6.45) is 6.98. The number of aromatic amines is 1. The molecule has 1 aromatic heterocycles. The third-order valence-electron chi connectivity index (χ3n) is 5.44. The number of nitrogens with one attached hydrogen (secondary N) is 1. The van der Waals surface area contributed by atoms with Crippen molar-refractivity contribution in [2.45, 2.75) is 52.9 Å². The maximum atomic E-state index is 11.5. The molecule has 0 amide bonds. The molecule has 188 valence electrons. The van der Waals surface area contributed by atoms with Gasteiger partial charge in [0.25, 0.3) is 0 Å². The second kappa shape index (κ2) is 12.1. The number of benzene rings is 2. The van der Waals surface area contributed by atoms with Gasteiger partial charge < -0.3 is 18.6 Å². The van der Waals surface area contributed by atoms with Crippen LogP contribution in [0.4, 0.5) is 0 Å². The van der Waals surface area contributed by atoms with E-state index in [9.17, 15) is 4.79 Å². The quantitative estimate of drug-likeness (QED) is 0.0973. The summed E-state index contributed by atoms with van der Waals surface area (Å²) >= 11 is 0. The van der Waals surface area contributed by atoms with E-state index < -0.39 is 13.8 Å². The van der Waals surface area contributed by atoms with E-state index in [1.54, 1.807) is 0 Å². The average Bonchev–Trinajstić information content (AvgIpc) is 3.15. The molecular formula is C28H37NO5Si. The first-order chi connectivity index (χ1) is 16.6. The second-order valence-electron chi connectivity index (χ2n) is 9.99. The number of allylic oxidation sites excluding steroid dienone is 2. The van der Waals surface area contributed by atoms with Gasteiger partial charge in [-0.05, 0) is 62.6 Å². The molecule has 0 unspecified atom stereocenters. The molecule has 0 atom stereocenters. The molecule has 6 nitrogen and oxygen atoms in total. The molecule has 0 bridgehead atoms. The minimum atomic E-state index is -1.14. The smallest absolute Gasteiger partial charge is 0.417 e. The van der Waals surface area contributed by atoms with Gasteiger partial charge >= 0.3 is 5.76 Å². The molecule has 0 aliphatic heterocycles. The van der Waals surface area contributed by atoms with Gasteiger partial charge in [-0.3, -0.25) is 4.98 Å². The zero-order valence-corrected chi connectivity index (χ0v) is 22.7. The maximum absolute atomic E-state index is 11.5. The number of H-pyrrole nitrogens is 1. The van der Waals surface area contributed by atoms with E-state index in [1.807, 2.05) is 49.4 Å². The number of hydrogen-bond donors (Lipinski definition) is 1. The van der Waals surface area contributed by atoms with Gasteiger partial charge in [0, 0.05) is 26.3 Å². The summed E-state index contributed by atoms with van der Waals surface area (Å²) < 4.78 is 22.9. The van der Waals surface area contributed by atoms with E-state index in [1.165, 1.54) is 5.57 Å². The van der Waals surface area contributed by atoms with E-state index in [0.29, 0.717) is 30.1 Å². The van der Waals surface area contributed by atoms with Crippen molar-refractivity contribution in [2.75, 3.05) is 20.0 Å². The third kappa shape index (κ3) is 8.30. The van der Waals surface area contributed by atoms with Crippen LogP contribution in [0, 0.1) is 0 Å². The van der Waals surface area contributed by atoms with Crippen LogP contribution < -0.4 is 15.2 Å². The minimum absolute atomic E-state index is 0.204. The highest BCUT2D eigenvalue weighted by Gasteiger charge is 2.13. The van der Waals surface area contributed by atoms with Gasteiger partial charge in [0.15, 0.2) is 12.4 Å². The minimum Gasteiger partial charge on any atom is -0.493 e. The number of rotatable bonds is 12. The first-order valence-electron chi connectivity index (χ1n) is 12.1. The molecule has 3 rings (SSSR count). The van der Waals surface area contributed by atoms with Gasteiger partial charge in [-0.25, -0.2) is 4.79 Å². The average molecular weight is 496 g/mol. The van der Waals surface area contributed by atoms with Crippen LogP contribution in [0.2, 0.25) is 25.7 Å². The molecule has 0 radical (unpaired) electrons. The molecule has 0 saturated carbocycles. The highest BCUT2D eigenvalue weighted by Crippen LogP contribution is 2.32. The number of fused-ring (bicyclic) bond motifs is 1. The normalized spacial score (nSPS) is 11.8. The molecule has 0 saturated heterocycles. The van der Waals surface area contributed by atoms with Crippen LogP contribution in [0.15, 0.2) is 51.2 Å². The van der Waals surface area contributed by atoms with Crippen LogP contribution in [0.1, 0.15) is 37.5 Å². The molecular weight excluding hydrogens is 458 g/mol. The monoisotopic (exact) mass is 495 g/mol. The van der Waals surface area contributed by atoms with Gasteiger partial charge in [0.2, 0.25) is 0 Å². The van der Waals surface area contributed by atoms with Crippen molar-refractivity contribution >= 4 is 31.3 Å². The van der Waals surface area contributed by atoms with Crippen molar-refractivity contribution in [3.8, 4) is 11.5 Å². The fourth-order valence-corrected chi connectivity index (χ4v) is 4.24. The third-order valence-corrected chi connectivity index (χ3v) is 7.14. The fourth-order valence-electron chi connectivity index (χ4n) is 3.48. The predicted octanol–water partition coefficient (Wildman–Crippen LogP) is 6.89. The van der Waals surface area contributed by atoms with Crippen molar-refractivity contribution in [1.82, 2.24) is 4.98 Å². The lowest BCUT2D eigenvalue weighted by Crippen LogP contribution is -2.22. The Labute approximate surface area is 208 Å². The highest BCUT2D eigenvalue weighted by molar-refractivity contribution is 6.76. The summed E-state index contributed by atoms with van der Waals surface area (Å²) in [5.41, 5.74) is 5.47. The predicted molar refractivity (Wildman–Crippen MR) is 146 cm³/mol. The van der Waals surface area contributed by atoms with Gasteiger partial charge in [-0.1, -0.05) is 49.5 Å². The van der Waals surface area contributed by atoms with Crippen LogP contribution in [-0.2, 0) is 11.2 Å². The van der Waals surface area contributed by atoms with E-state index >= 15 is 0 Å². The summed E-state index contributed by atoms with van der Waals surface area (Å²) in [7, 11) is -1.14. The molecule has 35 heavy (non-hydrogen) atoms. The zero-order chi connectivity index (χ0) is 25.4. The van der Waals surface area contributed by atoms with Crippen molar-refractivity contribution < 1.29 is 18.6 Å². The number of oxazole rings is 1. The van der Waals surface area contributed by atoms with Crippen molar-refractivity contribution in [1.29, 1.82) is 0 Å². The van der Waals surface area contributed by atoms with Gasteiger partial charge in [-0.15, -0.1) is 0 Å². The van der Waals surface area contributed by atoms with Crippen LogP contribution >= 0.6 is 0 Å². The van der Waals surface area contributed by atoms with E-state index in [0.717, 1.165) is 34.9 Å². The van der Waals surface area contributed by atoms with Crippen LogP contribution in [0.25, 0.3) is 23.3 Å². The summed E-state index contributed by atoms with van der Waals surface area (Å²) in [5.74, 6) is 1.05. The number of aromatic nitrogens is 1. The van der Waals surface area contributed by atoms with Gasteiger partial charge in [-0.2, -0.15) is 0 Å². The lowest BCUT2D eigenvalue weighted by molar-refractivity contribution is 0.0219. The molecule has 1 N–H and O–H groups in total. The summed E-state index contributed by atoms with van der Waals surface area (Å²) in [6.45, 7) is 14.6. The Morgan fingerprint density at radius 1 is 1.09 bits per heavy atom.